The number of amides is 2. The van der Waals surface area contributed by atoms with Gasteiger partial charge in [0.15, 0.2) is 0 Å². The Hall–Kier alpha value is -3.42. The number of hydrogen-bond donors (Lipinski definition) is 3. The molecule has 0 fully saturated rings. The summed E-state index contributed by atoms with van der Waals surface area (Å²) >= 11 is 1.71. The van der Waals surface area contributed by atoms with Crippen molar-refractivity contribution in [2.75, 3.05) is 23.3 Å². The first-order chi connectivity index (χ1) is 15.6. The Morgan fingerprint density at radius 1 is 1.12 bits per heavy atom. The predicted octanol–water partition coefficient (Wildman–Crippen LogP) is 4.32. The standard InChI is InChI=1S/C25H24N4O2S/c1-16(25(31)29-15-24(30)28-21-9-4-5-10-22(21)29)26-14-19(23-11-6-12-32-23)18-13-27-20-8-3-2-7-17(18)20/h2-13,16,19,26-27H,14-15H2,1H3,(H,28,30)/t16-,19+/m1/s1. The number of carbonyl (C=O) groups excluding carboxylic acids is 2. The number of aromatic nitrogens is 1. The van der Waals surface area contributed by atoms with E-state index in [1.807, 2.05) is 43.3 Å². The summed E-state index contributed by atoms with van der Waals surface area (Å²) in [4.78, 5) is 31.6. The minimum Gasteiger partial charge on any atom is -0.361 e. The Balaban J connectivity index is 1.37. The second-order valence-electron chi connectivity index (χ2n) is 7.98. The minimum absolute atomic E-state index is 0.0265. The first-order valence-corrected chi connectivity index (χ1v) is 11.5. The highest BCUT2D eigenvalue weighted by Gasteiger charge is 2.30. The number of thiophene rings is 1. The molecule has 1 aliphatic rings. The molecule has 3 N–H and O–H groups in total. The van der Waals surface area contributed by atoms with Crippen LogP contribution in [0.2, 0.25) is 0 Å². The van der Waals surface area contributed by atoms with Gasteiger partial charge in [-0.15, -0.1) is 11.3 Å². The van der Waals surface area contributed by atoms with Gasteiger partial charge in [-0.2, -0.15) is 0 Å². The molecule has 2 aromatic heterocycles. The maximum atomic E-state index is 13.3. The first kappa shape index (κ1) is 20.5. The van der Waals surface area contributed by atoms with E-state index in [0.29, 0.717) is 12.2 Å². The van der Waals surface area contributed by atoms with Crippen molar-refractivity contribution in [1.29, 1.82) is 0 Å². The average molecular weight is 445 g/mol. The summed E-state index contributed by atoms with van der Waals surface area (Å²) in [6.45, 7) is 2.49. The van der Waals surface area contributed by atoms with Gasteiger partial charge >= 0.3 is 0 Å². The molecule has 5 rings (SSSR count). The molecule has 162 valence electrons. The van der Waals surface area contributed by atoms with Gasteiger partial charge in [0.1, 0.15) is 6.54 Å². The van der Waals surface area contributed by atoms with E-state index >= 15 is 0 Å². The third-order valence-electron chi connectivity index (χ3n) is 5.92. The molecular formula is C25H24N4O2S. The van der Waals surface area contributed by atoms with Crippen LogP contribution in [0.5, 0.6) is 0 Å². The number of hydrogen-bond acceptors (Lipinski definition) is 4. The molecular weight excluding hydrogens is 420 g/mol. The predicted molar refractivity (Wildman–Crippen MR) is 129 cm³/mol. The monoisotopic (exact) mass is 444 g/mol. The first-order valence-electron chi connectivity index (χ1n) is 10.6. The quantitative estimate of drug-likeness (QED) is 0.414. The molecule has 0 radical (unpaired) electrons. The number of nitrogens with zero attached hydrogens (tertiary/aromatic N) is 1. The highest BCUT2D eigenvalue weighted by Crippen LogP contribution is 2.33. The zero-order valence-electron chi connectivity index (χ0n) is 17.7. The van der Waals surface area contributed by atoms with Crippen molar-refractivity contribution in [3.8, 4) is 0 Å². The van der Waals surface area contributed by atoms with Crippen molar-refractivity contribution in [1.82, 2.24) is 10.3 Å². The molecule has 2 atom stereocenters. The second kappa shape index (κ2) is 8.61. The normalized spacial score (nSPS) is 15.3. The van der Waals surface area contributed by atoms with Gasteiger partial charge in [0.2, 0.25) is 11.8 Å². The number of rotatable bonds is 6. The van der Waals surface area contributed by atoms with E-state index in [1.54, 1.807) is 16.2 Å². The lowest BCUT2D eigenvalue weighted by Gasteiger charge is -2.31. The van der Waals surface area contributed by atoms with E-state index in [4.69, 9.17) is 0 Å². The molecule has 3 heterocycles. The SMILES string of the molecule is C[C@@H](NC[C@H](c1cccs1)c1c[nH]c2ccccc12)C(=O)N1CC(=O)Nc2ccccc21. The molecule has 0 spiro atoms. The van der Waals surface area contributed by atoms with E-state index < -0.39 is 6.04 Å². The van der Waals surface area contributed by atoms with Crippen LogP contribution in [0.15, 0.2) is 72.2 Å². The summed E-state index contributed by atoms with van der Waals surface area (Å²) in [7, 11) is 0. The van der Waals surface area contributed by atoms with Crippen LogP contribution in [0.3, 0.4) is 0 Å². The van der Waals surface area contributed by atoms with Crippen LogP contribution in [0.4, 0.5) is 11.4 Å². The molecule has 32 heavy (non-hydrogen) atoms. The smallest absolute Gasteiger partial charge is 0.244 e. The molecule has 7 heteroatoms. The van der Waals surface area contributed by atoms with E-state index in [9.17, 15) is 9.59 Å². The summed E-state index contributed by atoms with van der Waals surface area (Å²) in [5, 5.41) is 9.54. The number of nitrogens with one attached hydrogen (secondary N) is 3. The fourth-order valence-electron chi connectivity index (χ4n) is 4.28. The molecule has 4 aromatic rings. The van der Waals surface area contributed by atoms with Crippen molar-refractivity contribution >= 4 is 45.4 Å². The number of carbonyl (C=O) groups is 2. The van der Waals surface area contributed by atoms with Gasteiger partial charge < -0.3 is 15.6 Å². The number of aromatic amines is 1. The summed E-state index contributed by atoms with van der Waals surface area (Å²) in [5.41, 5.74) is 3.71. The van der Waals surface area contributed by atoms with Crippen molar-refractivity contribution < 1.29 is 9.59 Å². The van der Waals surface area contributed by atoms with Gasteiger partial charge in [-0.05, 0) is 42.1 Å². The number of H-pyrrole nitrogens is 1. The number of para-hydroxylation sites is 3. The third kappa shape index (κ3) is 3.81. The highest BCUT2D eigenvalue weighted by atomic mass is 32.1. The van der Waals surface area contributed by atoms with Gasteiger partial charge in [0, 0.05) is 34.4 Å². The minimum atomic E-state index is -0.443. The van der Waals surface area contributed by atoms with Crippen LogP contribution in [0, 0.1) is 0 Å². The molecule has 2 amide bonds. The molecule has 1 aliphatic heterocycles. The van der Waals surface area contributed by atoms with Gasteiger partial charge in [-0.1, -0.05) is 36.4 Å². The van der Waals surface area contributed by atoms with Gasteiger partial charge in [0.05, 0.1) is 17.4 Å². The van der Waals surface area contributed by atoms with E-state index in [-0.39, 0.29) is 24.3 Å². The second-order valence-corrected chi connectivity index (χ2v) is 8.96. The van der Waals surface area contributed by atoms with Crippen molar-refractivity contribution in [3.63, 3.8) is 0 Å². The van der Waals surface area contributed by atoms with Crippen LogP contribution in [0.25, 0.3) is 10.9 Å². The molecule has 2 aromatic carbocycles. The van der Waals surface area contributed by atoms with Crippen LogP contribution < -0.4 is 15.5 Å². The lowest BCUT2D eigenvalue weighted by Crippen LogP contribution is -2.50. The topological polar surface area (TPSA) is 77.2 Å². The molecule has 0 saturated carbocycles. The fourth-order valence-corrected chi connectivity index (χ4v) is 5.13. The average Bonchev–Trinajstić information content (AvgIpc) is 3.49. The summed E-state index contributed by atoms with van der Waals surface area (Å²) < 4.78 is 0. The van der Waals surface area contributed by atoms with Crippen LogP contribution >= 0.6 is 11.3 Å². The molecule has 0 unspecified atom stereocenters. The fraction of sp³-hybridized carbons (Fsp3) is 0.200. The van der Waals surface area contributed by atoms with Gasteiger partial charge in [0.25, 0.3) is 0 Å². The zero-order valence-corrected chi connectivity index (χ0v) is 18.5. The molecule has 0 saturated heterocycles. The maximum Gasteiger partial charge on any atom is 0.244 e. The number of benzene rings is 2. The largest absolute Gasteiger partial charge is 0.361 e. The van der Waals surface area contributed by atoms with E-state index in [0.717, 1.165) is 11.2 Å². The molecule has 0 aliphatic carbocycles. The summed E-state index contributed by atoms with van der Waals surface area (Å²) in [6.07, 6.45) is 2.06. The zero-order chi connectivity index (χ0) is 22.1. The Kier molecular flexibility index (Phi) is 5.51. The van der Waals surface area contributed by atoms with Gasteiger partial charge in [-0.25, -0.2) is 0 Å². The van der Waals surface area contributed by atoms with Crippen LogP contribution in [-0.4, -0.2) is 35.9 Å². The Bertz CT molecular complexity index is 1260. The van der Waals surface area contributed by atoms with Crippen molar-refractivity contribution in [3.05, 3.63) is 82.7 Å². The van der Waals surface area contributed by atoms with E-state index in [1.165, 1.54) is 15.8 Å². The van der Waals surface area contributed by atoms with Crippen molar-refractivity contribution in [2.24, 2.45) is 0 Å². The van der Waals surface area contributed by atoms with Crippen LogP contribution in [0.1, 0.15) is 23.3 Å². The lowest BCUT2D eigenvalue weighted by atomic mass is 9.96. The highest BCUT2D eigenvalue weighted by molar-refractivity contribution is 7.10. The van der Waals surface area contributed by atoms with Crippen molar-refractivity contribution in [2.45, 2.75) is 18.9 Å². The summed E-state index contributed by atoms with van der Waals surface area (Å²) in [5.74, 6) is -0.186. The lowest BCUT2D eigenvalue weighted by molar-refractivity contribution is -0.123. The Morgan fingerprint density at radius 3 is 2.78 bits per heavy atom. The maximum absolute atomic E-state index is 13.3. The third-order valence-corrected chi connectivity index (χ3v) is 6.90. The molecule has 0 bridgehead atoms. The Morgan fingerprint density at radius 2 is 1.94 bits per heavy atom. The van der Waals surface area contributed by atoms with E-state index in [2.05, 4.69) is 51.5 Å². The number of fused-ring (bicyclic) bond motifs is 2. The number of anilines is 2. The summed E-state index contributed by atoms with van der Waals surface area (Å²) in [6, 6.07) is 19.4. The van der Waals surface area contributed by atoms with Crippen LogP contribution in [-0.2, 0) is 9.59 Å². The molecule has 6 nitrogen and oxygen atoms in total. The van der Waals surface area contributed by atoms with Gasteiger partial charge in [-0.3, -0.25) is 14.5 Å². The Labute approximate surface area is 190 Å².